The Labute approximate surface area is 243 Å². The molecule has 220 valence electrons. The summed E-state index contributed by atoms with van der Waals surface area (Å²) in [5.74, 6) is -1.21. The Kier molecular flexibility index (Phi) is 10.8. The summed E-state index contributed by atoms with van der Waals surface area (Å²) in [5.41, 5.74) is -0.969. The van der Waals surface area contributed by atoms with E-state index >= 15 is 0 Å². The summed E-state index contributed by atoms with van der Waals surface area (Å²) >= 11 is 6.26. The first-order chi connectivity index (χ1) is 19.4. The lowest BCUT2D eigenvalue weighted by atomic mass is 10.1. The number of halogens is 4. The molecule has 0 heterocycles. The monoisotopic (exact) mass is 609 g/mol. The number of hydrogen-bond acceptors (Lipinski definition) is 4. The van der Waals surface area contributed by atoms with Gasteiger partial charge in [0.05, 0.1) is 21.2 Å². The van der Waals surface area contributed by atoms with Crippen LogP contribution < -0.4 is 9.62 Å². The van der Waals surface area contributed by atoms with Gasteiger partial charge in [-0.3, -0.25) is 13.9 Å². The van der Waals surface area contributed by atoms with Crippen molar-refractivity contribution in [2.24, 2.45) is 0 Å². The first-order valence-electron chi connectivity index (χ1n) is 13.0. The second-order valence-corrected chi connectivity index (χ2v) is 11.5. The molecular formula is C29H31ClF3N3O4S. The predicted octanol–water partition coefficient (Wildman–Crippen LogP) is 5.89. The number of hydrogen-bond donors (Lipinski definition) is 1. The Morgan fingerprint density at radius 2 is 1.56 bits per heavy atom. The van der Waals surface area contributed by atoms with E-state index in [1.165, 1.54) is 29.2 Å². The van der Waals surface area contributed by atoms with Gasteiger partial charge in [0.1, 0.15) is 12.6 Å². The number of rotatable bonds is 12. The minimum absolute atomic E-state index is 0.0345. The zero-order valence-electron chi connectivity index (χ0n) is 22.6. The average molecular weight is 610 g/mol. The van der Waals surface area contributed by atoms with Crippen molar-refractivity contribution in [1.82, 2.24) is 10.2 Å². The van der Waals surface area contributed by atoms with Gasteiger partial charge >= 0.3 is 6.18 Å². The van der Waals surface area contributed by atoms with Crippen molar-refractivity contribution >= 4 is 39.1 Å². The van der Waals surface area contributed by atoms with E-state index in [4.69, 9.17) is 11.6 Å². The number of sulfonamides is 1. The molecule has 3 rings (SSSR count). The molecule has 1 N–H and O–H groups in total. The Hall–Kier alpha value is -3.57. The molecule has 2 amide bonds. The minimum atomic E-state index is -4.80. The van der Waals surface area contributed by atoms with Gasteiger partial charge in [0.15, 0.2) is 0 Å². The molecule has 0 spiro atoms. The topological polar surface area (TPSA) is 86.8 Å². The number of nitrogens with one attached hydrogen (secondary N) is 1. The van der Waals surface area contributed by atoms with Gasteiger partial charge in [-0.1, -0.05) is 74.0 Å². The number of carbonyl (C=O) groups excluding carboxylic acids is 2. The summed E-state index contributed by atoms with van der Waals surface area (Å²) in [5, 5.41) is 2.47. The van der Waals surface area contributed by atoms with Crippen LogP contribution in [0.15, 0.2) is 83.8 Å². The van der Waals surface area contributed by atoms with Crippen molar-refractivity contribution < 1.29 is 31.2 Å². The van der Waals surface area contributed by atoms with Crippen molar-refractivity contribution in [2.45, 2.75) is 50.3 Å². The predicted molar refractivity (Wildman–Crippen MR) is 152 cm³/mol. The van der Waals surface area contributed by atoms with E-state index in [1.807, 2.05) is 6.92 Å². The average Bonchev–Trinajstić information content (AvgIpc) is 2.95. The van der Waals surface area contributed by atoms with Crippen molar-refractivity contribution in [3.8, 4) is 0 Å². The molecule has 0 radical (unpaired) electrons. The highest BCUT2D eigenvalue weighted by Crippen LogP contribution is 2.37. The quantitative estimate of drug-likeness (QED) is 0.278. The van der Waals surface area contributed by atoms with E-state index in [1.54, 1.807) is 43.3 Å². The molecular weight excluding hydrogens is 579 g/mol. The fourth-order valence-electron chi connectivity index (χ4n) is 4.18. The lowest BCUT2D eigenvalue weighted by Gasteiger charge is -2.33. The summed E-state index contributed by atoms with van der Waals surface area (Å²) < 4.78 is 69.1. The largest absolute Gasteiger partial charge is 0.416 e. The lowest BCUT2D eigenvalue weighted by Crippen LogP contribution is -2.52. The molecule has 0 unspecified atom stereocenters. The Bertz CT molecular complexity index is 1440. The number of alkyl halides is 3. The highest BCUT2D eigenvalue weighted by molar-refractivity contribution is 7.92. The van der Waals surface area contributed by atoms with Gasteiger partial charge in [0.25, 0.3) is 10.0 Å². The van der Waals surface area contributed by atoms with E-state index in [9.17, 15) is 31.2 Å². The van der Waals surface area contributed by atoms with Crippen LogP contribution in [0, 0.1) is 0 Å². The standard InChI is InChI=1S/C29H31ClF3N3O4S/c1-3-17-34-28(38)25(4-2)35(19-21-11-7-5-8-12-21)27(37)20-36(41(39,40)23-13-9-6-10-14-23)26-18-22(29(31,32)33)15-16-24(26)30/h5-16,18,25H,3-4,17,19-20H2,1-2H3,(H,34,38)/t25-/m1/s1. The first kappa shape index (κ1) is 32.0. The molecule has 0 saturated carbocycles. The molecule has 0 fully saturated rings. The summed E-state index contributed by atoms with van der Waals surface area (Å²) in [4.78, 5) is 28.0. The van der Waals surface area contributed by atoms with Crippen LogP contribution in [-0.2, 0) is 32.3 Å². The number of carbonyl (C=O) groups is 2. The van der Waals surface area contributed by atoms with E-state index in [-0.39, 0.29) is 22.9 Å². The maximum absolute atomic E-state index is 14.0. The highest BCUT2D eigenvalue weighted by atomic mass is 35.5. The fourth-order valence-corrected chi connectivity index (χ4v) is 5.89. The third-order valence-corrected chi connectivity index (χ3v) is 8.38. The molecule has 1 atom stereocenters. The van der Waals surface area contributed by atoms with E-state index < -0.39 is 51.9 Å². The summed E-state index contributed by atoms with van der Waals surface area (Å²) in [6, 6.07) is 17.1. The number of amides is 2. The molecule has 3 aromatic rings. The second-order valence-electron chi connectivity index (χ2n) is 9.21. The molecule has 0 aromatic heterocycles. The van der Waals surface area contributed by atoms with Crippen LogP contribution in [0.5, 0.6) is 0 Å². The van der Waals surface area contributed by atoms with Crippen LogP contribution in [-0.4, -0.2) is 44.3 Å². The van der Waals surface area contributed by atoms with Gasteiger partial charge in [-0.25, -0.2) is 8.42 Å². The van der Waals surface area contributed by atoms with Crippen molar-refractivity contribution in [3.63, 3.8) is 0 Å². The van der Waals surface area contributed by atoms with Crippen LogP contribution in [0.25, 0.3) is 0 Å². The molecule has 12 heteroatoms. The summed E-state index contributed by atoms with van der Waals surface area (Å²) in [6.45, 7) is 3.02. The lowest BCUT2D eigenvalue weighted by molar-refractivity contribution is -0.140. The van der Waals surface area contributed by atoms with Crippen LogP contribution in [0.2, 0.25) is 5.02 Å². The molecule has 3 aromatic carbocycles. The molecule has 0 saturated heterocycles. The smallest absolute Gasteiger partial charge is 0.354 e. The first-order valence-corrected chi connectivity index (χ1v) is 14.8. The SMILES string of the molecule is CCCNC(=O)[C@@H](CC)N(Cc1ccccc1)C(=O)CN(c1cc(C(F)(F)F)ccc1Cl)S(=O)(=O)c1ccccc1. The van der Waals surface area contributed by atoms with E-state index in [0.717, 1.165) is 12.1 Å². The van der Waals surface area contributed by atoms with Crippen molar-refractivity contribution in [3.05, 3.63) is 95.0 Å². The van der Waals surface area contributed by atoms with Gasteiger partial charge in [0, 0.05) is 13.1 Å². The van der Waals surface area contributed by atoms with Gasteiger partial charge in [-0.05, 0) is 48.7 Å². The van der Waals surface area contributed by atoms with Gasteiger partial charge < -0.3 is 10.2 Å². The zero-order chi connectivity index (χ0) is 30.2. The summed E-state index contributed by atoms with van der Waals surface area (Å²) in [7, 11) is -4.57. The van der Waals surface area contributed by atoms with E-state index in [2.05, 4.69) is 5.32 Å². The Balaban J connectivity index is 2.13. The second kappa shape index (κ2) is 13.9. The van der Waals surface area contributed by atoms with Crippen molar-refractivity contribution in [1.29, 1.82) is 0 Å². The number of nitrogens with zero attached hydrogens (tertiary/aromatic N) is 2. The Morgan fingerprint density at radius 1 is 0.951 bits per heavy atom. The number of benzene rings is 3. The van der Waals surface area contributed by atoms with Crippen LogP contribution in [0.1, 0.15) is 37.8 Å². The third-order valence-electron chi connectivity index (χ3n) is 6.28. The molecule has 7 nitrogen and oxygen atoms in total. The summed E-state index contributed by atoms with van der Waals surface area (Å²) in [6.07, 6.45) is -3.93. The maximum Gasteiger partial charge on any atom is 0.416 e. The van der Waals surface area contributed by atoms with Gasteiger partial charge in [0.2, 0.25) is 11.8 Å². The molecule has 0 bridgehead atoms. The third kappa shape index (κ3) is 8.01. The van der Waals surface area contributed by atoms with Crippen LogP contribution in [0.4, 0.5) is 18.9 Å². The molecule has 0 aliphatic carbocycles. The van der Waals surface area contributed by atoms with Crippen molar-refractivity contribution in [2.75, 3.05) is 17.4 Å². The molecule has 0 aliphatic heterocycles. The van der Waals surface area contributed by atoms with E-state index in [0.29, 0.717) is 28.9 Å². The van der Waals surface area contributed by atoms with Crippen LogP contribution in [0.3, 0.4) is 0 Å². The Morgan fingerprint density at radius 3 is 2.12 bits per heavy atom. The number of anilines is 1. The zero-order valence-corrected chi connectivity index (χ0v) is 24.1. The van der Waals surface area contributed by atoms with Gasteiger partial charge in [-0.15, -0.1) is 0 Å². The maximum atomic E-state index is 14.0. The minimum Gasteiger partial charge on any atom is -0.354 e. The fraction of sp³-hybridized carbons (Fsp3) is 0.310. The highest BCUT2D eigenvalue weighted by Gasteiger charge is 2.36. The normalized spacial score (nSPS) is 12.4. The van der Waals surface area contributed by atoms with Gasteiger partial charge in [-0.2, -0.15) is 13.2 Å². The molecule has 41 heavy (non-hydrogen) atoms. The molecule has 0 aliphatic rings. The van der Waals surface area contributed by atoms with Crippen LogP contribution >= 0.6 is 11.6 Å².